The summed E-state index contributed by atoms with van der Waals surface area (Å²) < 4.78 is 27.9. The summed E-state index contributed by atoms with van der Waals surface area (Å²) in [6, 6.07) is 13.0. The lowest BCUT2D eigenvalue weighted by atomic mass is 10.0. The van der Waals surface area contributed by atoms with Gasteiger partial charge in [-0.25, -0.2) is 13.8 Å². The van der Waals surface area contributed by atoms with E-state index in [0.717, 1.165) is 5.56 Å². The number of pyridine rings is 1. The van der Waals surface area contributed by atoms with Crippen LogP contribution < -0.4 is 11.1 Å². The molecule has 0 fully saturated rings. The van der Waals surface area contributed by atoms with Crippen molar-refractivity contribution in [2.45, 2.75) is 13.8 Å². The third kappa shape index (κ3) is 3.39. The molecule has 1 aromatic heterocycles. The largest absolute Gasteiger partial charge is 0.383 e. The fourth-order valence-corrected chi connectivity index (χ4v) is 2.52. The molecular formula is C20H17F2N3O. The summed E-state index contributed by atoms with van der Waals surface area (Å²) >= 11 is 0. The fraction of sp³-hybridized carbons (Fsp3) is 0.100. The average molecular weight is 353 g/mol. The van der Waals surface area contributed by atoms with Crippen LogP contribution in [0.1, 0.15) is 21.5 Å². The quantitative estimate of drug-likeness (QED) is 0.729. The number of nitrogens with one attached hydrogen (secondary N) is 1. The Morgan fingerprint density at radius 2 is 1.58 bits per heavy atom. The van der Waals surface area contributed by atoms with Gasteiger partial charge in [0.25, 0.3) is 5.91 Å². The molecule has 3 aromatic rings. The van der Waals surface area contributed by atoms with E-state index < -0.39 is 11.6 Å². The van der Waals surface area contributed by atoms with E-state index in [0.29, 0.717) is 5.56 Å². The highest BCUT2D eigenvalue weighted by molar-refractivity contribution is 6.04. The summed E-state index contributed by atoms with van der Waals surface area (Å²) in [7, 11) is 0. The SMILES string of the molecule is Cc1ccc(C(=O)Nc2ccc(-c3ccc(C)c(F)c3F)c(N)n2)cc1. The molecule has 1 amide bonds. The van der Waals surface area contributed by atoms with Crippen molar-refractivity contribution in [2.75, 3.05) is 11.1 Å². The molecule has 0 aliphatic carbocycles. The normalized spacial score (nSPS) is 10.6. The number of aromatic nitrogens is 1. The highest BCUT2D eigenvalue weighted by Gasteiger charge is 2.16. The second-order valence-corrected chi connectivity index (χ2v) is 6.01. The van der Waals surface area contributed by atoms with E-state index in [9.17, 15) is 13.6 Å². The van der Waals surface area contributed by atoms with Gasteiger partial charge < -0.3 is 11.1 Å². The summed E-state index contributed by atoms with van der Waals surface area (Å²) in [6.45, 7) is 3.41. The topological polar surface area (TPSA) is 68.0 Å². The minimum atomic E-state index is -0.977. The number of hydrogen-bond donors (Lipinski definition) is 2. The van der Waals surface area contributed by atoms with Crippen LogP contribution >= 0.6 is 0 Å². The molecule has 3 rings (SSSR count). The first-order valence-electron chi connectivity index (χ1n) is 7.96. The zero-order valence-electron chi connectivity index (χ0n) is 14.3. The maximum atomic E-state index is 14.2. The van der Waals surface area contributed by atoms with Gasteiger partial charge in [0.2, 0.25) is 0 Å². The lowest BCUT2D eigenvalue weighted by Crippen LogP contribution is -2.13. The summed E-state index contributed by atoms with van der Waals surface area (Å²) in [6.07, 6.45) is 0. The van der Waals surface area contributed by atoms with Crippen molar-refractivity contribution in [3.63, 3.8) is 0 Å². The average Bonchev–Trinajstić information content (AvgIpc) is 2.61. The highest BCUT2D eigenvalue weighted by atomic mass is 19.2. The fourth-order valence-electron chi connectivity index (χ4n) is 2.52. The second-order valence-electron chi connectivity index (χ2n) is 6.01. The number of nitrogen functional groups attached to an aromatic ring is 1. The summed E-state index contributed by atoms with van der Waals surface area (Å²) in [5.74, 6) is -2.01. The molecule has 0 unspecified atom stereocenters. The molecule has 0 bridgehead atoms. The van der Waals surface area contributed by atoms with Crippen LogP contribution in [-0.2, 0) is 0 Å². The predicted molar refractivity (Wildman–Crippen MR) is 97.9 cm³/mol. The van der Waals surface area contributed by atoms with Crippen LogP contribution in [0.25, 0.3) is 11.1 Å². The Hall–Kier alpha value is -3.28. The maximum absolute atomic E-state index is 14.2. The van der Waals surface area contributed by atoms with Crippen LogP contribution in [0.15, 0.2) is 48.5 Å². The minimum Gasteiger partial charge on any atom is -0.383 e. The van der Waals surface area contributed by atoms with Crippen molar-refractivity contribution < 1.29 is 13.6 Å². The molecule has 2 aromatic carbocycles. The molecule has 0 saturated heterocycles. The predicted octanol–water partition coefficient (Wildman–Crippen LogP) is 4.48. The Bertz CT molecular complexity index is 985. The number of hydrogen-bond acceptors (Lipinski definition) is 3. The van der Waals surface area contributed by atoms with E-state index in [-0.39, 0.29) is 34.2 Å². The number of carbonyl (C=O) groups excluding carboxylic acids is 1. The number of benzene rings is 2. The molecule has 0 spiro atoms. The summed E-state index contributed by atoms with van der Waals surface area (Å²) in [5.41, 5.74) is 7.90. The second kappa shape index (κ2) is 6.92. The van der Waals surface area contributed by atoms with Crippen LogP contribution in [0.4, 0.5) is 20.4 Å². The van der Waals surface area contributed by atoms with Crippen molar-refractivity contribution in [3.8, 4) is 11.1 Å². The summed E-state index contributed by atoms with van der Waals surface area (Å²) in [5, 5.41) is 2.63. The smallest absolute Gasteiger partial charge is 0.256 e. The van der Waals surface area contributed by atoms with Gasteiger partial charge in [0.15, 0.2) is 11.6 Å². The van der Waals surface area contributed by atoms with E-state index in [1.807, 2.05) is 19.1 Å². The van der Waals surface area contributed by atoms with Crippen LogP contribution in [0.2, 0.25) is 0 Å². The van der Waals surface area contributed by atoms with Crippen molar-refractivity contribution >= 4 is 17.5 Å². The first-order valence-corrected chi connectivity index (χ1v) is 7.96. The van der Waals surface area contributed by atoms with Crippen LogP contribution in [0.5, 0.6) is 0 Å². The number of nitrogens with two attached hydrogens (primary N) is 1. The van der Waals surface area contributed by atoms with Crippen LogP contribution in [0, 0.1) is 25.5 Å². The van der Waals surface area contributed by atoms with Gasteiger partial charge in [-0.05, 0) is 43.7 Å². The van der Waals surface area contributed by atoms with Gasteiger partial charge in [0.1, 0.15) is 11.6 Å². The van der Waals surface area contributed by atoms with Gasteiger partial charge in [0.05, 0.1) is 0 Å². The summed E-state index contributed by atoms with van der Waals surface area (Å²) in [4.78, 5) is 16.3. The molecule has 132 valence electrons. The molecule has 0 atom stereocenters. The Labute approximate surface area is 149 Å². The van der Waals surface area contributed by atoms with Gasteiger partial charge in [-0.15, -0.1) is 0 Å². The molecule has 0 aliphatic rings. The first-order chi connectivity index (χ1) is 12.4. The molecule has 0 saturated carbocycles. The standard InChI is InChI=1S/C20H17F2N3O/c1-11-3-6-13(7-4-11)20(26)25-16-10-9-15(19(23)24-16)14-8-5-12(2)17(21)18(14)22/h3-10H,1-2H3,(H3,23,24,25,26). The van der Waals surface area contributed by atoms with Gasteiger partial charge >= 0.3 is 0 Å². The van der Waals surface area contributed by atoms with Crippen molar-refractivity contribution in [1.82, 2.24) is 4.98 Å². The molecule has 6 heteroatoms. The van der Waals surface area contributed by atoms with Crippen molar-refractivity contribution in [3.05, 3.63) is 76.9 Å². The van der Waals surface area contributed by atoms with E-state index in [1.54, 1.807) is 12.1 Å². The molecule has 3 N–H and O–H groups in total. The van der Waals surface area contributed by atoms with E-state index in [4.69, 9.17) is 5.73 Å². The van der Waals surface area contributed by atoms with E-state index in [1.165, 1.54) is 31.2 Å². The number of halogens is 2. The van der Waals surface area contributed by atoms with Crippen LogP contribution in [0.3, 0.4) is 0 Å². The minimum absolute atomic E-state index is 0.00569. The zero-order valence-corrected chi connectivity index (χ0v) is 14.3. The third-order valence-corrected chi connectivity index (χ3v) is 4.05. The van der Waals surface area contributed by atoms with Crippen LogP contribution in [-0.4, -0.2) is 10.9 Å². The Morgan fingerprint density at radius 1 is 0.923 bits per heavy atom. The number of aryl methyl sites for hydroxylation is 2. The number of carbonyl (C=O) groups is 1. The maximum Gasteiger partial charge on any atom is 0.256 e. The van der Waals surface area contributed by atoms with Gasteiger partial charge in [-0.2, -0.15) is 0 Å². The number of rotatable bonds is 3. The van der Waals surface area contributed by atoms with Gasteiger partial charge in [-0.3, -0.25) is 4.79 Å². The lowest BCUT2D eigenvalue weighted by Gasteiger charge is -2.11. The first kappa shape index (κ1) is 17.5. The monoisotopic (exact) mass is 353 g/mol. The Morgan fingerprint density at radius 3 is 2.23 bits per heavy atom. The molecule has 1 heterocycles. The molecule has 0 aliphatic heterocycles. The van der Waals surface area contributed by atoms with Crippen molar-refractivity contribution in [1.29, 1.82) is 0 Å². The molecule has 26 heavy (non-hydrogen) atoms. The zero-order chi connectivity index (χ0) is 18.8. The molecule has 4 nitrogen and oxygen atoms in total. The Kier molecular flexibility index (Phi) is 4.67. The Balaban J connectivity index is 1.87. The van der Waals surface area contributed by atoms with Crippen molar-refractivity contribution in [2.24, 2.45) is 0 Å². The van der Waals surface area contributed by atoms with E-state index in [2.05, 4.69) is 10.3 Å². The van der Waals surface area contributed by atoms with Gasteiger partial charge in [-0.1, -0.05) is 29.8 Å². The van der Waals surface area contributed by atoms with Gasteiger partial charge in [0, 0.05) is 16.7 Å². The number of anilines is 2. The lowest BCUT2D eigenvalue weighted by molar-refractivity contribution is 0.102. The number of nitrogens with zero attached hydrogens (tertiary/aromatic N) is 1. The molecule has 0 radical (unpaired) electrons. The van der Waals surface area contributed by atoms with E-state index >= 15 is 0 Å². The number of amides is 1. The third-order valence-electron chi connectivity index (χ3n) is 4.05. The molecular weight excluding hydrogens is 336 g/mol. The highest BCUT2D eigenvalue weighted by Crippen LogP contribution is 2.30.